The zero-order valence-corrected chi connectivity index (χ0v) is 27.2. The molecule has 2 aromatic carbocycles. The van der Waals surface area contributed by atoms with Crippen molar-refractivity contribution in [3.63, 3.8) is 0 Å². The van der Waals surface area contributed by atoms with Gasteiger partial charge in [0.25, 0.3) is 0 Å². The molecule has 0 saturated carbocycles. The van der Waals surface area contributed by atoms with Gasteiger partial charge in [0, 0.05) is 23.4 Å². The third kappa shape index (κ3) is 8.95. The Balaban J connectivity index is 1.18. The zero-order chi connectivity index (χ0) is 32.5. The predicted octanol–water partition coefficient (Wildman–Crippen LogP) is 7.43. The first-order chi connectivity index (χ1) is 21.6. The number of aryl methyl sites for hydroxylation is 4. The first kappa shape index (κ1) is 34.7. The molecule has 0 unspecified atom stereocenters. The number of aromatic nitrogens is 2. The number of hydrogen-bond acceptors (Lipinski definition) is 9. The molecule has 2 N–H and O–H groups in total. The second-order valence-electron chi connectivity index (χ2n) is 10.7. The summed E-state index contributed by atoms with van der Waals surface area (Å²) in [5.41, 5.74) is 8.77. The Hall–Kier alpha value is -3.21. The lowest BCUT2D eigenvalue weighted by atomic mass is 9.99. The van der Waals surface area contributed by atoms with Crippen LogP contribution in [0.2, 0.25) is 0 Å². The van der Waals surface area contributed by atoms with E-state index < -0.39 is 19.7 Å². The minimum atomic E-state index is -4.54. The summed E-state index contributed by atoms with van der Waals surface area (Å²) in [4.78, 5) is 9.16. The van der Waals surface area contributed by atoms with Gasteiger partial charge in [0.15, 0.2) is 5.82 Å². The van der Waals surface area contributed by atoms with E-state index in [-0.39, 0.29) is 33.0 Å². The molecule has 0 aliphatic rings. The maximum atomic E-state index is 14.3. The molecular formula is C33H42F2N3O6P. The van der Waals surface area contributed by atoms with Gasteiger partial charge in [-0.25, -0.2) is 4.98 Å². The van der Waals surface area contributed by atoms with Crippen molar-refractivity contribution >= 4 is 35.2 Å². The summed E-state index contributed by atoms with van der Waals surface area (Å²) in [7, 11) is -4.54. The molecule has 4 aromatic rings. The maximum absolute atomic E-state index is 14.3. The second-order valence-corrected chi connectivity index (χ2v) is 12.8. The third-order valence-corrected chi connectivity index (χ3v) is 9.50. The van der Waals surface area contributed by atoms with Crippen LogP contribution in [0, 0.1) is 13.8 Å². The van der Waals surface area contributed by atoms with Crippen LogP contribution in [-0.4, -0.2) is 61.9 Å². The number of nitrogen functional groups attached to an aromatic ring is 1. The van der Waals surface area contributed by atoms with Gasteiger partial charge < -0.3 is 29.0 Å². The van der Waals surface area contributed by atoms with E-state index >= 15 is 0 Å². The lowest BCUT2D eigenvalue weighted by Gasteiger charge is -2.25. The van der Waals surface area contributed by atoms with Crippen molar-refractivity contribution in [1.29, 1.82) is 0 Å². The van der Waals surface area contributed by atoms with Gasteiger partial charge in [-0.15, -0.1) is 0 Å². The molecule has 0 atom stereocenters. The van der Waals surface area contributed by atoms with E-state index in [2.05, 4.69) is 41.2 Å². The predicted molar refractivity (Wildman–Crippen MR) is 172 cm³/mol. The van der Waals surface area contributed by atoms with E-state index in [1.54, 1.807) is 0 Å². The number of fused-ring (bicyclic) bond motifs is 3. The summed E-state index contributed by atoms with van der Waals surface area (Å²) in [6.45, 7) is 7.46. The van der Waals surface area contributed by atoms with Gasteiger partial charge in [-0.2, -0.15) is 8.78 Å². The summed E-state index contributed by atoms with van der Waals surface area (Å²) < 4.78 is 67.0. The average molecular weight is 646 g/mol. The number of rotatable bonds is 18. The molecule has 0 aliphatic carbocycles. The van der Waals surface area contributed by atoms with Crippen LogP contribution in [0.1, 0.15) is 42.5 Å². The van der Waals surface area contributed by atoms with Crippen LogP contribution in [-0.2, 0) is 35.9 Å². The molecule has 244 valence electrons. The van der Waals surface area contributed by atoms with Gasteiger partial charge in [0.1, 0.15) is 17.9 Å². The van der Waals surface area contributed by atoms with Gasteiger partial charge in [0.2, 0.25) is 0 Å². The highest BCUT2D eigenvalue weighted by Gasteiger charge is 2.52. The van der Waals surface area contributed by atoms with Gasteiger partial charge in [-0.1, -0.05) is 18.2 Å². The Kier molecular flexibility index (Phi) is 12.2. The highest BCUT2D eigenvalue weighted by Crippen LogP contribution is 2.63. The van der Waals surface area contributed by atoms with Crippen molar-refractivity contribution in [2.75, 3.05) is 52.0 Å². The van der Waals surface area contributed by atoms with Crippen molar-refractivity contribution in [1.82, 2.24) is 9.97 Å². The van der Waals surface area contributed by atoms with E-state index in [4.69, 9.17) is 29.0 Å². The zero-order valence-electron chi connectivity index (χ0n) is 26.3. The summed E-state index contributed by atoms with van der Waals surface area (Å²) in [6.07, 6.45) is 2.77. The van der Waals surface area contributed by atoms with Gasteiger partial charge in [-0.05, 0) is 87.1 Å². The van der Waals surface area contributed by atoms with Crippen LogP contribution in [0.4, 0.5) is 14.6 Å². The van der Waals surface area contributed by atoms with E-state index in [0.29, 0.717) is 19.0 Å². The Morgan fingerprint density at radius 1 is 0.867 bits per heavy atom. The highest BCUT2D eigenvalue weighted by atomic mass is 31.2. The number of benzene rings is 2. The van der Waals surface area contributed by atoms with E-state index in [9.17, 15) is 13.3 Å². The molecule has 4 rings (SSSR count). The number of halogens is 2. The minimum absolute atomic E-state index is 0.115. The van der Waals surface area contributed by atoms with E-state index in [1.807, 2.05) is 31.3 Å². The first-order valence-electron chi connectivity index (χ1n) is 15.2. The minimum Gasteiger partial charge on any atom is -0.491 e. The molecule has 2 heterocycles. The number of hydrogen-bond donors (Lipinski definition) is 1. The quantitative estimate of drug-likeness (QED) is 0.0670. The molecule has 0 aliphatic heterocycles. The summed E-state index contributed by atoms with van der Waals surface area (Å²) in [6, 6.07) is 14.4. The van der Waals surface area contributed by atoms with Crippen LogP contribution in [0.5, 0.6) is 5.75 Å². The van der Waals surface area contributed by atoms with Gasteiger partial charge in [0.05, 0.1) is 45.2 Å². The molecule has 0 saturated heterocycles. The summed E-state index contributed by atoms with van der Waals surface area (Å²) in [5.74, 6) is 1.18. The summed E-state index contributed by atoms with van der Waals surface area (Å²) >= 11 is 0. The molecule has 0 radical (unpaired) electrons. The Labute approximate surface area is 262 Å². The lowest BCUT2D eigenvalue weighted by molar-refractivity contribution is -0.0106. The average Bonchev–Trinajstić information content (AvgIpc) is 2.99. The smallest absolute Gasteiger partial charge is 0.399 e. The van der Waals surface area contributed by atoms with Crippen LogP contribution >= 0.6 is 7.60 Å². The van der Waals surface area contributed by atoms with Crippen molar-refractivity contribution in [3.05, 3.63) is 70.9 Å². The number of anilines is 1. The van der Waals surface area contributed by atoms with Crippen molar-refractivity contribution < 1.29 is 36.6 Å². The number of nitrogens with two attached hydrogens (primary N) is 1. The fourth-order valence-corrected chi connectivity index (χ4v) is 6.45. The highest BCUT2D eigenvalue weighted by molar-refractivity contribution is 7.55. The van der Waals surface area contributed by atoms with Crippen LogP contribution < -0.4 is 10.5 Å². The second kappa shape index (κ2) is 15.9. The number of alkyl halides is 2. The number of nitrogens with zero attached hydrogens (tertiary/aromatic N) is 2. The van der Waals surface area contributed by atoms with Gasteiger partial charge in [-0.3, -0.25) is 9.55 Å². The fourth-order valence-electron chi connectivity index (χ4n) is 4.95. The lowest BCUT2D eigenvalue weighted by Crippen LogP contribution is -2.23. The first-order valence-corrected chi connectivity index (χ1v) is 16.7. The normalized spacial score (nSPS) is 12.3. The molecule has 0 fully saturated rings. The van der Waals surface area contributed by atoms with Gasteiger partial charge >= 0.3 is 13.3 Å². The molecule has 2 aromatic heterocycles. The Morgan fingerprint density at radius 2 is 1.58 bits per heavy atom. The molecule has 12 heteroatoms. The van der Waals surface area contributed by atoms with E-state index in [1.165, 1.54) is 19.4 Å². The topological polar surface area (TPSA) is 115 Å². The number of pyridine rings is 2. The number of ether oxygens (including phenoxy) is 3. The largest absolute Gasteiger partial charge is 0.491 e. The molecule has 0 spiro atoms. The maximum Gasteiger partial charge on any atom is 0.399 e. The molecule has 45 heavy (non-hydrogen) atoms. The Morgan fingerprint density at radius 3 is 2.29 bits per heavy atom. The fraction of sp³-hybridized carbons (Fsp3) is 0.455. The monoisotopic (exact) mass is 645 g/mol. The molecule has 9 nitrogen and oxygen atoms in total. The van der Waals surface area contributed by atoms with Crippen molar-refractivity contribution in [2.24, 2.45) is 0 Å². The summed E-state index contributed by atoms with van der Waals surface area (Å²) in [5, 5.41) is 2.05. The molecule has 0 amide bonds. The molecule has 0 bridgehead atoms. The van der Waals surface area contributed by atoms with Crippen LogP contribution in [0.25, 0.3) is 21.8 Å². The van der Waals surface area contributed by atoms with Crippen LogP contribution in [0.3, 0.4) is 0 Å². The third-order valence-electron chi connectivity index (χ3n) is 7.28. The Bertz CT molecular complexity index is 1630. The van der Waals surface area contributed by atoms with Crippen molar-refractivity contribution in [2.45, 2.75) is 52.6 Å². The molecular weight excluding hydrogens is 603 g/mol. The van der Waals surface area contributed by atoms with Crippen LogP contribution in [0.15, 0.2) is 48.7 Å². The standard InChI is InChI=1S/C33H42F2N3O6P/c1-5-43-45(39,44-6-2)33(34,35)13-14-40-15-16-41-17-18-42-27-11-10-26(24(4)20-27)9-8-25-21-29-28-12-7-23(3)19-30(28)38-32(36)31(29)37-22-25/h7,10-12,19-22H,5-6,8-9,13-18H2,1-4H3,(H2,36,38). The SMILES string of the molecule is CCOP(=O)(OCC)C(F)(F)CCOCCOCCOc1ccc(CCc2cnc3c(N)nc4cc(C)ccc4c3c2)c(C)c1. The van der Waals surface area contributed by atoms with Crippen molar-refractivity contribution in [3.8, 4) is 5.75 Å². The van der Waals surface area contributed by atoms with E-state index in [0.717, 1.165) is 57.1 Å².